The SMILES string of the molecule is CCNc1ncc(C)c(N2CCN(C(C)CC)CC2)n1. The van der Waals surface area contributed by atoms with Gasteiger partial charge in [-0.3, -0.25) is 4.90 Å². The predicted octanol–water partition coefficient (Wildman–Crippen LogP) is 2.14. The fourth-order valence-corrected chi connectivity index (χ4v) is 2.63. The lowest BCUT2D eigenvalue weighted by atomic mass is 10.2. The van der Waals surface area contributed by atoms with Crippen LogP contribution >= 0.6 is 0 Å². The molecule has 0 amide bonds. The molecule has 1 fully saturated rings. The third kappa shape index (κ3) is 3.39. The Balaban J connectivity index is 2.04. The van der Waals surface area contributed by atoms with E-state index in [-0.39, 0.29) is 0 Å². The van der Waals surface area contributed by atoms with E-state index in [1.807, 2.05) is 6.20 Å². The second-order valence-electron chi connectivity index (χ2n) is 5.51. The number of piperazine rings is 1. The zero-order valence-corrected chi connectivity index (χ0v) is 13.2. The highest BCUT2D eigenvalue weighted by atomic mass is 15.3. The monoisotopic (exact) mass is 277 g/mol. The molecule has 1 aromatic rings. The smallest absolute Gasteiger partial charge is 0.224 e. The van der Waals surface area contributed by atoms with E-state index in [4.69, 9.17) is 0 Å². The summed E-state index contributed by atoms with van der Waals surface area (Å²) in [5, 5.41) is 3.19. The molecule has 112 valence electrons. The highest BCUT2D eigenvalue weighted by Gasteiger charge is 2.22. The number of nitrogens with zero attached hydrogens (tertiary/aromatic N) is 4. The van der Waals surface area contributed by atoms with Crippen LogP contribution in [0, 0.1) is 6.92 Å². The zero-order chi connectivity index (χ0) is 14.5. The molecule has 5 nitrogen and oxygen atoms in total. The minimum Gasteiger partial charge on any atom is -0.354 e. The molecule has 1 saturated heterocycles. The maximum Gasteiger partial charge on any atom is 0.224 e. The topological polar surface area (TPSA) is 44.3 Å². The van der Waals surface area contributed by atoms with Gasteiger partial charge in [-0.15, -0.1) is 0 Å². The van der Waals surface area contributed by atoms with E-state index in [2.05, 4.69) is 52.8 Å². The van der Waals surface area contributed by atoms with Crippen LogP contribution in [0.4, 0.5) is 11.8 Å². The van der Waals surface area contributed by atoms with Crippen molar-refractivity contribution in [3.63, 3.8) is 0 Å². The van der Waals surface area contributed by atoms with Gasteiger partial charge in [-0.2, -0.15) is 4.98 Å². The molecule has 1 aromatic heterocycles. The number of hydrogen-bond acceptors (Lipinski definition) is 5. The van der Waals surface area contributed by atoms with E-state index < -0.39 is 0 Å². The van der Waals surface area contributed by atoms with Crippen LogP contribution in [0.1, 0.15) is 32.8 Å². The van der Waals surface area contributed by atoms with E-state index in [1.165, 1.54) is 6.42 Å². The van der Waals surface area contributed by atoms with E-state index in [1.54, 1.807) is 0 Å². The summed E-state index contributed by atoms with van der Waals surface area (Å²) >= 11 is 0. The van der Waals surface area contributed by atoms with Crippen molar-refractivity contribution in [2.75, 3.05) is 42.9 Å². The molecule has 1 atom stereocenters. The summed E-state index contributed by atoms with van der Waals surface area (Å²) in [6, 6.07) is 0.681. The molecule has 1 aliphatic rings. The van der Waals surface area contributed by atoms with Crippen molar-refractivity contribution in [3.8, 4) is 0 Å². The molecule has 0 radical (unpaired) electrons. The lowest BCUT2D eigenvalue weighted by Gasteiger charge is -2.38. The van der Waals surface area contributed by atoms with Gasteiger partial charge in [0.05, 0.1) is 0 Å². The Morgan fingerprint density at radius 2 is 1.95 bits per heavy atom. The molecule has 2 rings (SSSR count). The van der Waals surface area contributed by atoms with Gasteiger partial charge in [0.15, 0.2) is 0 Å². The van der Waals surface area contributed by atoms with Crippen LogP contribution in [0.15, 0.2) is 6.20 Å². The largest absolute Gasteiger partial charge is 0.354 e. The molecule has 1 unspecified atom stereocenters. The summed E-state index contributed by atoms with van der Waals surface area (Å²) in [6.07, 6.45) is 3.14. The Labute approximate surface area is 122 Å². The average molecular weight is 277 g/mol. The van der Waals surface area contributed by atoms with Crippen molar-refractivity contribution in [2.24, 2.45) is 0 Å². The fourth-order valence-electron chi connectivity index (χ4n) is 2.63. The normalized spacial score (nSPS) is 18.1. The molecule has 20 heavy (non-hydrogen) atoms. The first-order chi connectivity index (χ1) is 9.65. The number of aryl methyl sites for hydroxylation is 1. The third-order valence-corrected chi connectivity index (χ3v) is 4.11. The molecule has 5 heteroatoms. The fraction of sp³-hybridized carbons (Fsp3) is 0.733. The van der Waals surface area contributed by atoms with Gasteiger partial charge in [-0.05, 0) is 27.2 Å². The van der Waals surface area contributed by atoms with Crippen LogP contribution in [-0.4, -0.2) is 53.6 Å². The number of rotatable bonds is 5. The van der Waals surface area contributed by atoms with Gasteiger partial charge in [0.25, 0.3) is 0 Å². The van der Waals surface area contributed by atoms with E-state index >= 15 is 0 Å². The Hall–Kier alpha value is -1.36. The highest BCUT2D eigenvalue weighted by molar-refractivity contribution is 5.49. The minimum absolute atomic E-state index is 0.681. The van der Waals surface area contributed by atoms with Crippen LogP contribution in [0.25, 0.3) is 0 Å². The van der Waals surface area contributed by atoms with Gasteiger partial charge in [-0.25, -0.2) is 4.98 Å². The van der Waals surface area contributed by atoms with Crippen molar-refractivity contribution in [1.29, 1.82) is 0 Å². The Morgan fingerprint density at radius 1 is 1.25 bits per heavy atom. The van der Waals surface area contributed by atoms with Crippen molar-refractivity contribution in [1.82, 2.24) is 14.9 Å². The Bertz CT molecular complexity index is 426. The van der Waals surface area contributed by atoms with Gasteiger partial charge in [0, 0.05) is 50.5 Å². The maximum absolute atomic E-state index is 4.66. The average Bonchev–Trinajstić information content (AvgIpc) is 2.49. The van der Waals surface area contributed by atoms with Crippen LogP contribution in [0.5, 0.6) is 0 Å². The molecular formula is C15H27N5. The Kier molecular flexibility index (Phi) is 5.17. The number of anilines is 2. The lowest BCUT2D eigenvalue weighted by Crippen LogP contribution is -2.49. The van der Waals surface area contributed by atoms with Gasteiger partial charge < -0.3 is 10.2 Å². The van der Waals surface area contributed by atoms with Crippen LogP contribution in [0.2, 0.25) is 0 Å². The lowest BCUT2D eigenvalue weighted by molar-refractivity contribution is 0.192. The van der Waals surface area contributed by atoms with Crippen molar-refractivity contribution in [2.45, 2.75) is 40.2 Å². The van der Waals surface area contributed by atoms with Gasteiger partial charge >= 0.3 is 0 Å². The van der Waals surface area contributed by atoms with Gasteiger partial charge in [-0.1, -0.05) is 6.92 Å². The van der Waals surface area contributed by atoms with Gasteiger partial charge in [0.1, 0.15) is 5.82 Å². The summed E-state index contributed by atoms with van der Waals surface area (Å²) in [7, 11) is 0. The molecular weight excluding hydrogens is 250 g/mol. The third-order valence-electron chi connectivity index (χ3n) is 4.11. The number of aromatic nitrogens is 2. The summed E-state index contributed by atoms with van der Waals surface area (Å²) < 4.78 is 0. The molecule has 0 spiro atoms. The molecule has 0 saturated carbocycles. The van der Waals surface area contributed by atoms with E-state index in [0.29, 0.717) is 6.04 Å². The van der Waals surface area contributed by atoms with Crippen molar-refractivity contribution < 1.29 is 0 Å². The summed E-state index contributed by atoms with van der Waals surface area (Å²) in [5.41, 5.74) is 1.16. The van der Waals surface area contributed by atoms with Crippen LogP contribution in [-0.2, 0) is 0 Å². The highest BCUT2D eigenvalue weighted by Crippen LogP contribution is 2.20. The predicted molar refractivity (Wildman–Crippen MR) is 84.5 cm³/mol. The quantitative estimate of drug-likeness (QED) is 0.893. The van der Waals surface area contributed by atoms with Gasteiger partial charge in [0.2, 0.25) is 5.95 Å². The second kappa shape index (κ2) is 6.88. The summed E-state index contributed by atoms with van der Waals surface area (Å²) in [5.74, 6) is 1.82. The Morgan fingerprint density at radius 3 is 2.55 bits per heavy atom. The molecule has 0 bridgehead atoms. The standard InChI is InChI=1S/C15H27N5/c1-5-13(4)19-7-9-20(10-8-19)14-12(3)11-17-15(18-14)16-6-2/h11,13H,5-10H2,1-4H3,(H,16,17,18). The zero-order valence-electron chi connectivity index (χ0n) is 13.2. The van der Waals surface area contributed by atoms with Crippen LogP contribution < -0.4 is 10.2 Å². The molecule has 1 aliphatic heterocycles. The maximum atomic E-state index is 4.66. The number of nitrogens with one attached hydrogen (secondary N) is 1. The summed E-state index contributed by atoms with van der Waals surface area (Å²) in [4.78, 5) is 13.9. The molecule has 2 heterocycles. The molecule has 0 aliphatic carbocycles. The van der Waals surface area contributed by atoms with E-state index in [0.717, 1.165) is 50.1 Å². The summed E-state index contributed by atoms with van der Waals surface area (Å²) in [6.45, 7) is 13.9. The first kappa shape index (κ1) is 15.0. The first-order valence-electron chi connectivity index (χ1n) is 7.72. The van der Waals surface area contributed by atoms with Crippen molar-refractivity contribution in [3.05, 3.63) is 11.8 Å². The first-order valence-corrected chi connectivity index (χ1v) is 7.72. The number of hydrogen-bond donors (Lipinski definition) is 1. The van der Waals surface area contributed by atoms with Crippen molar-refractivity contribution >= 4 is 11.8 Å². The second-order valence-corrected chi connectivity index (χ2v) is 5.51. The minimum atomic E-state index is 0.681. The van der Waals surface area contributed by atoms with E-state index in [9.17, 15) is 0 Å². The molecule has 1 N–H and O–H groups in total. The van der Waals surface area contributed by atoms with Crippen LogP contribution in [0.3, 0.4) is 0 Å². The molecule has 0 aromatic carbocycles.